The van der Waals surface area contributed by atoms with Gasteiger partial charge in [-0.05, 0) is 57.0 Å². The van der Waals surface area contributed by atoms with Gasteiger partial charge < -0.3 is 15.5 Å². The highest BCUT2D eigenvalue weighted by Gasteiger charge is 2.25. The molecule has 1 atom stereocenters. The zero-order chi connectivity index (χ0) is 24.8. The van der Waals surface area contributed by atoms with E-state index in [1.165, 1.54) is 5.56 Å². The third-order valence-electron chi connectivity index (χ3n) is 6.52. The lowest BCUT2D eigenvalue weighted by molar-refractivity contribution is 0.102. The van der Waals surface area contributed by atoms with Gasteiger partial charge in [-0.3, -0.25) is 4.79 Å². The maximum absolute atomic E-state index is 13.0. The van der Waals surface area contributed by atoms with E-state index in [1.807, 2.05) is 29.6 Å². The molecular weight excluding hydrogens is 472 g/mol. The second-order valence-electron chi connectivity index (χ2n) is 9.34. The van der Waals surface area contributed by atoms with E-state index in [-0.39, 0.29) is 5.91 Å². The van der Waals surface area contributed by atoms with Crippen molar-refractivity contribution >= 4 is 40.3 Å². The van der Waals surface area contributed by atoms with Crippen LogP contribution in [0.2, 0.25) is 0 Å². The van der Waals surface area contributed by atoms with E-state index in [9.17, 15) is 4.79 Å². The van der Waals surface area contributed by atoms with E-state index in [0.29, 0.717) is 17.7 Å². The number of benzene rings is 2. The number of anilines is 1. The Hall–Kier alpha value is -2.77. The van der Waals surface area contributed by atoms with Crippen molar-refractivity contribution in [2.24, 2.45) is 0 Å². The average Bonchev–Trinajstić information content (AvgIpc) is 3.36. The van der Waals surface area contributed by atoms with Gasteiger partial charge in [0, 0.05) is 41.7 Å². The molecule has 1 unspecified atom stereocenters. The van der Waals surface area contributed by atoms with Crippen LogP contribution in [0.3, 0.4) is 0 Å². The molecule has 7 heteroatoms. The van der Waals surface area contributed by atoms with Crippen LogP contribution in [0, 0.1) is 6.92 Å². The maximum Gasteiger partial charge on any atom is 0.275 e. The Kier molecular flexibility index (Phi) is 8.52. The zero-order valence-corrected chi connectivity index (χ0v) is 22.3. The Bertz CT molecular complexity index is 1150. The highest BCUT2D eigenvalue weighted by molar-refractivity contribution is 7.80. The summed E-state index contributed by atoms with van der Waals surface area (Å²) < 4.78 is 0. The van der Waals surface area contributed by atoms with Crippen LogP contribution in [-0.2, 0) is 0 Å². The lowest BCUT2D eigenvalue weighted by Crippen LogP contribution is -2.46. The van der Waals surface area contributed by atoms with Crippen LogP contribution >= 0.6 is 23.6 Å². The fraction of sp³-hybridized carbons (Fsp3) is 0.393. The van der Waals surface area contributed by atoms with E-state index in [0.717, 1.165) is 65.7 Å². The molecule has 1 aromatic heterocycles. The van der Waals surface area contributed by atoms with E-state index in [1.54, 1.807) is 11.3 Å². The molecule has 2 heterocycles. The Morgan fingerprint density at radius 3 is 2.60 bits per heavy atom. The van der Waals surface area contributed by atoms with Crippen molar-refractivity contribution in [1.82, 2.24) is 15.2 Å². The summed E-state index contributed by atoms with van der Waals surface area (Å²) in [7, 11) is 0. The maximum atomic E-state index is 13.0. The molecule has 0 saturated carbocycles. The summed E-state index contributed by atoms with van der Waals surface area (Å²) >= 11 is 7.21. The first-order valence-electron chi connectivity index (χ1n) is 12.4. The van der Waals surface area contributed by atoms with Crippen LogP contribution in [0.4, 0.5) is 5.69 Å². The fourth-order valence-corrected chi connectivity index (χ4v) is 5.83. The topological polar surface area (TPSA) is 57.3 Å². The van der Waals surface area contributed by atoms with Crippen molar-refractivity contribution in [3.8, 4) is 11.1 Å². The Morgan fingerprint density at radius 1 is 1.17 bits per heavy atom. The number of likely N-dealkylation sites (tertiary alicyclic amines) is 1. The van der Waals surface area contributed by atoms with Crippen LogP contribution in [0.1, 0.15) is 66.5 Å². The number of amides is 1. The molecule has 4 rings (SSSR count). The van der Waals surface area contributed by atoms with E-state index >= 15 is 0 Å². The standard InChI is InChI=1S/C28H34N4OS2/c1-4-7-20(3)29-28(34)32-16-14-22(15-17-32)27-31-25(18-35-27)26(33)30-24-9-6-5-8-23(24)21-12-10-19(2)11-13-21/h5-6,8-13,18,20,22H,4,7,14-17H2,1-3H3,(H,29,34)(H,30,33). The second kappa shape index (κ2) is 11.8. The molecule has 0 spiro atoms. The molecule has 1 aliphatic rings. The van der Waals surface area contributed by atoms with Crippen molar-refractivity contribution in [1.29, 1.82) is 0 Å². The van der Waals surface area contributed by atoms with Crippen molar-refractivity contribution in [2.45, 2.75) is 58.4 Å². The summed E-state index contributed by atoms with van der Waals surface area (Å²) in [5, 5.41) is 10.3. The summed E-state index contributed by atoms with van der Waals surface area (Å²) in [4.78, 5) is 20.0. The molecule has 1 fully saturated rings. The number of nitrogens with zero attached hydrogens (tertiary/aromatic N) is 2. The quantitative estimate of drug-likeness (QED) is 0.353. The van der Waals surface area contributed by atoms with Crippen LogP contribution < -0.4 is 10.6 Å². The second-order valence-corrected chi connectivity index (χ2v) is 10.6. The Morgan fingerprint density at radius 2 is 1.89 bits per heavy atom. The van der Waals surface area contributed by atoms with Crippen molar-refractivity contribution < 1.29 is 4.79 Å². The molecule has 0 radical (unpaired) electrons. The number of thiocarbonyl (C=S) groups is 1. The molecule has 1 aliphatic heterocycles. The number of carbonyl (C=O) groups excluding carboxylic acids is 1. The Labute approximate surface area is 218 Å². The van der Waals surface area contributed by atoms with Gasteiger partial charge in [0.25, 0.3) is 5.91 Å². The minimum atomic E-state index is -0.167. The van der Waals surface area contributed by atoms with Crippen molar-refractivity contribution in [2.75, 3.05) is 18.4 Å². The number of carbonyl (C=O) groups is 1. The largest absolute Gasteiger partial charge is 0.360 e. The normalized spacial score (nSPS) is 15.0. The third kappa shape index (κ3) is 6.47. The minimum absolute atomic E-state index is 0.167. The molecule has 1 saturated heterocycles. The molecule has 2 aromatic carbocycles. The SMILES string of the molecule is CCCC(C)NC(=S)N1CCC(c2nc(C(=O)Nc3ccccc3-c3ccc(C)cc3)cs2)CC1. The summed E-state index contributed by atoms with van der Waals surface area (Å²) in [5.74, 6) is 0.202. The van der Waals surface area contributed by atoms with E-state index in [2.05, 4.69) is 60.6 Å². The molecule has 0 aliphatic carbocycles. The number of rotatable bonds is 7. The molecule has 3 aromatic rings. The van der Waals surface area contributed by atoms with Crippen molar-refractivity contribution in [3.63, 3.8) is 0 Å². The van der Waals surface area contributed by atoms with Gasteiger partial charge >= 0.3 is 0 Å². The van der Waals surface area contributed by atoms with Gasteiger partial charge in [0.1, 0.15) is 5.69 Å². The first-order valence-corrected chi connectivity index (χ1v) is 13.7. The molecule has 35 heavy (non-hydrogen) atoms. The molecular formula is C28H34N4OS2. The van der Waals surface area contributed by atoms with Crippen LogP contribution in [-0.4, -0.2) is 40.0 Å². The highest BCUT2D eigenvalue weighted by Crippen LogP contribution is 2.32. The predicted octanol–water partition coefficient (Wildman–Crippen LogP) is 6.61. The average molecular weight is 507 g/mol. The number of piperidine rings is 1. The first-order chi connectivity index (χ1) is 16.9. The summed E-state index contributed by atoms with van der Waals surface area (Å²) in [6.07, 6.45) is 4.26. The van der Waals surface area contributed by atoms with Gasteiger partial charge in [0.2, 0.25) is 0 Å². The van der Waals surface area contributed by atoms with Gasteiger partial charge in [-0.25, -0.2) is 4.98 Å². The molecule has 2 N–H and O–H groups in total. The zero-order valence-electron chi connectivity index (χ0n) is 20.7. The fourth-order valence-electron chi connectivity index (χ4n) is 4.48. The smallest absolute Gasteiger partial charge is 0.275 e. The van der Waals surface area contributed by atoms with Crippen LogP contribution in [0.5, 0.6) is 0 Å². The van der Waals surface area contributed by atoms with Gasteiger partial charge in [-0.1, -0.05) is 61.4 Å². The van der Waals surface area contributed by atoms with E-state index < -0.39 is 0 Å². The number of nitrogens with one attached hydrogen (secondary N) is 2. The first kappa shape index (κ1) is 25.3. The van der Waals surface area contributed by atoms with Gasteiger partial charge in [-0.2, -0.15) is 0 Å². The number of hydrogen-bond acceptors (Lipinski definition) is 4. The number of hydrogen-bond donors (Lipinski definition) is 2. The highest BCUT2D eigenvalue weighted by atomic mass is 32.1. The summed E-state index contributed by atoms with van der Waals surface area (Å²) in [6.45, 7) is 8.28. The number of para-hydroxylation sites is 1. The minimum Gasteiger partial charge on any atom is -0.360 e. The predicted molar refractivity (Wildman–Crippen MR) is 150 cm³/mol. The summed E-state index contributed by atoms with van der Waals surface area (Å²) in [5.41, 5.74) is 4.56. The van der Waals surface area contributed by atoms with Gasteiger partial charge in [-0.15, -0.1) is 11.3 Å². The van der Waals surface area contributed by atoms with Gasteiger partial charge in [0.15, 0.2) is 5.11 Å². The molecule has 184 valence electrons. The van der Waals surface area contributed by atoms with Crippen LogP contribution in [0.25, 0.3) is 11.1 Å². The van der Waals surface area contributed by atoms with Crippen molar-refractivity contribution in [3.05, 3.63) is 70.2 Å². The third-order valence-corrected chi connectivity index (χ3v) is 7.90. The summed E-state index contributed by atoms with van der Waals surface area (Å²) in [6, 6.07) is 16.6. The monoisotopic (exact) mass is 506 g/mol. The lowest BCUT2D eigenvalue weighted by Gasteiger charge is -2.34. The number of thiazole rings is 1. The van der Waals surface area contributed by atoms with Gasteiger partial charge in [0.05, 0.1) is 5.01 Å². The van der Waals surface area contributed by atoms with E-state index in [4.69, 9.17) is 17.2 Å². The lowest BCUT2D eigenvalue weighted by atomic mass is 9.98. The molecule has 1 amide bonds. The molecule has 5 nitrogen and oxygen atoms in total. The number of aryl methyl sites for hydroxylation is 1. The Balaban J connectivity index is 1.36. The van der Waals surface area contributed by atoms with Crippen LogP contribution in [0.15, 0.2) is 53.9 Å². The number of aromatic nitrogens is 1. The molecule has 0 bridgehead atoms.